The number of nitrogens with zero attached hydrogens (tertiary/aromatic N) is 1. The minimum atomic E-state index is 0.932. The molecular weight excluding hydrogens is 148 g/mol. The number of hydrogen-bond acceptors (Lipinski definition) is 2. The van der Waals surface area contributed by atoms with Gasteiger partial charge in [0.25, 0.3) is 0 Å². The second-order valence-corrected chi connectivity index (χ2v) is 2.94. The Balaban J connectivity index is 2.48. The summed E-state index contributed by atoms with van der Waals surface area (Å²) in [5, 5.41) is 3.25. The van der Waals surface area contributed by atoms with Crippen LogP contribution >= 0.6 is 0 Å². The average molecular weight is 160 g/mol. The van der Waals surface area contributed by atoms with Gasteiger partial charge in [-0.05, 0) is 23.6 Å². The molecule has 0 saturated heterocycles. The normalized spacial score (nSPS) is 14.6. The molecule has 2 heterocycles. The van der Waals surface area contributed by atoms with Crippen molar-refractivity contribution >= 4 is 5.57 Å². The molecule has 0 aliphatic carbocycles. The van der Waals surface area contributed by atoms with Crippen LogP contribution in [0.3, 0.4) is 0 Å². The van der Waals surface area contributed by atoms with E-state index in [9.17, 15) is 0 Å². The Kier molecular flexibility index (Phi) is 1.82. The number of hydrogen-bond donors (Lipinski definition) is 1. The van der Waals surface area contributed by atoms with Gasteiger partial charge < -0.3 is 5.32 Å². The van der Waals surface area contributed by atoms with Crippen molar-refractivity contribution in [3.05, 3.63) is 35.8 Å². The number of nitrogens with one attached hydrogen (secondary N) is 1. The number of pyridine rings is 1. The lowest BCUT2D eigenvalue weighted by Crippen LogP contribution is -2.13. The van der Waals surface area contributed by atoms with Crippen molar-refractivity contribution < 1.29 is 0 Å². The second kappa shape index (κ2) is 2.97. The van der Waals surface area contributed by atoms with Crippen molar-refractivity contribution in [1.82, 2.24) is 10.3 Å². The first-order valence-corrected chi connectivity index (χ1v) is 4.27. The highest BCUT2D eigenvalue weighted by Gasteiger charge is 2.09. The number of fused-ring (bicyclic) bond motifs is 1. The fourth-order valence-corrected chi connectivity index (χ4v) is 1.52. The first kappa shape index (κ1) is 7.35. The summed E-state index contributed by atoms with van der Waals surface area (Å²) in [7, 11) is 0. The first-order valence-electron chi connectivity index (χ1n) is 4.27. The summed E-state index contributed by atoms with van der Waals surface area (Å²) in [6, 6.07) is 2.07. The van der Waals surface area contributed by atoms with E-state index in [4.69, 9.17) is 0 Å². The Hall–Kier alpha value is -1.31. The van der Waals surface area contributed by atoms with Crippen molar-refractivity contribution in [2.45, 2.75) is 19.9 Å². The number of rotatable bonds is 1. The van der Waals surface area contributed by atoms with Crippen LogP contribution in [-0.2, 0) is 6.54 Å². The Bertz CT molecular complexity index is 315. The zero-order chi connectivity index (χ0) is 8.39. The van der Waals surface area contributed by atoms with Gasteiger partial charge in [0.2, 0.25) is 0 Å². The zero-order valence-electron chi connectivity index (χ0n) is 7.17. The van der Waals surface area contributed by atoms with Gasteiger partial charge in [-0.3, -0.25) is 4.98 Å². The van der Waals surface area contributed by atoms with E-state index in [1.165, 1.54) is 16.7 Å². The molecule has 0 aromatic carbocycles. The molecule has 62 valence electrons. The third-order valence-corrected chi connectivity index (χ3v) is 2.21. The van der Waals surface area contributed by atoms with Crippen LogP contribution in [0.25, 0.3) is 5.57 Å². The molecule has 0 fully saturated rings. The second-order valence-electron chi connectivity index (χ2n) is 2.94. The fraction of sp³-hybridized carbons (Fsp3) is 0.300. The van der Waals surface area contributed by atoms with Gasteiger partial charge in [0.15, 0.2) is 0 Å². The summed E-state index contributed by atoms with van der Waals surface area (Å²) in [6.07, 6.45) is 6.94. The van der Waals surface area contributed by atoms with Gasteiger partial charge >= 0.3 is 0 Å². The van der Waals surface area contributed by atoms with E-state index >= 15 is 0 Å². The van der Waals surface area contributed by atoms with Gasteiger partial charge in [0, 0.05) is 30.7 Å². The van der Waals surface area contributed by atoms with E-state index in [1.54, 1.807) is 0 Å². The monoisotopic (exact) mass is 160 g/mol. The third-order valence-electron chi connectivity index (χ3n) is 2.21. The smallest absolute Gasteiger partial charge is 0.0402 e. The molecule has 2 heteroatoms. The summed E-state index contributed by atoms with van der Waals surface area (Å²) in [6.45, 7) is 3.09. The lowest BCUT2D eigenvalue weighted by atomic mass is 9.99. The quantitative estimate of drug-likeness (QED) is 0.679. The molecule has 0 radical (unpaired) electrons. The van der Waals surface area contributed by atoms with Crippen LogP contribution in [-0.4, -0.2) is 4.98 Å². The topological polar surface area (TPSA) is 24.9 Å². The predicted molar refractivity (Wildman–Crippen MR) is 49.3 cm³/mol. The molecule has 0 saturated carbocycles. The summed E-state index contributed by atoms with van der Waals surface area (Å²) >= 11 is 0. The number of allylic oxidation sites excluding steroid dienone is 1. The Morgan fingerprint density at radius 1 is 1.58 bits per heavy atom. The average Bonchev–Trinajstić information content (AvgIpc) is 2.17. The lowest BCUT2D eigenvalue weighted by molar-refractivity contribution is 0.841. The Labute approximate surface area is 72.3 Å². The molecule has 0 amide bonds. The molecule has 0 atom stereocenters. The molecule has 1 N–H and O–H groups in total. The highest BCUT2D eigenvalue weighted by atomic mass is 14.8. The maximum Gasteiger partial charge on any atom is 0.0402 e. The maximum atomic E-state index is 4.13. The van der Waals surface area contributed by atoms with E-state index in [-0.39, 0.29) is 0 Å². The van der Waals surface area contributed by atoms with E-state index in [0.717, 1.165) is 13.0 Å². The molecule has 12 heavy (non-hydrogen) atoms. The van der Waals surface area contributed by atoms with Gasteiger partial charge in [-0.15, -0.1) is 0 Å². The van der Waals surface area contributed by atoms with Crippen molar-refractivity contribution in [1.29, 1.82) is 0 Å². The predicted octanol–water partition coefficient (Wildman–Crippen LogP) is 1.94. The molecule has 2 rings (SSSR count). The highest BCUT2D eigenvalue weighted by molar-refractivity contribution is 5.68. The van der Waals surface area contributed by atoms with E-state index in [0.29, 0.717) is 0 Å². The summed E-state index contributed by atoms with van der Waals surface area (Å²) < 4.78 is 0. The van der Waals surface area contributed by atoms with Crippen molar-refractivity contribution in [2.75, 3.05) is 0 Å². The van der Waals surface area contributed by atoms with Crippen LogP contribution < -0.4 is 5.32 Å². The van der Waals surface area contributed by atoms with E-state index in [1.807, 2.05) is 12.4 Å². The molecule has 1 aliphatic heterocycles. The minimum Gasteiger partial charge on any atom is -0.387 e. The molecular formula is C10H12N2. The summed E-state index contributed by atoms with van der Waals surface area (Å²) in [5.41, 5.74) is 4.01. The lowest BCUT2D eigenvalue weighted by Gasteiger charge is -2.16. The van der Waals surface area contributed by atoms with Crippen molar-refractivity contribution in [2.24, 2.45) is 0 Å². The van der Waals surface area contributed by atoms with Crippen LogP contribution in [0.1, 0.15) is 24.5 Å². The van der Waals surface area contributed by atoms with Crippen LogP contribution in [0.2, 0.25) is 0 Å². The molecule has 2 nitrogen and oxygen atoms in total. The van der Waals surface area contributed by atoms with Crippen LogP contribution in [0, 0.1) is 0 Å². The SMILES string of the molecule is CCC1=CNCc2ccncc21. The van der Waals surface area contributed by atoms with Gasteiger partial charge in [-0.1, -0.05) is 6.92 Å². The minimum absolute atomic E-state index is 0.932. The fourth-order valence-electron chi connectivity index (χ4n) is 1.52. The van der Waals surface area contributed by atoms with Gasteiger partial charge in [0.1, 0.15) is 0 Å². The summed E-state index contributed by atoms with van der Waals surface area (Å²) in [5.74, 6) is 0. The highest BCUT2D eigenvalue weighted by Crippen LogP contribution is 2.23. The van der Waals surface area contributed by atoms with Crippen LogP contribution in [0.15, 0.2) is 24.7 Å². The molecule has 0 spiro atoms. The van der Waals surface area contributed by atoms with Crippen molar-refractivity contribution in [3.8, 4) is 0 Å². The molecule has 1 aliphatic rings. The largest absolute Gasteiger partial charge is 0.387 e. The van der Waals surface area contributed by atoms with Gasteiger partial charge in [-0.25, -0.2) is 0 Å². The molecule has 1 aromatic rings. The van der Waals surface area contributed by atoms with Crippen LogP contribution in [0.5, 0.6) is 0 Å². The molecule has 0 bridgehead atoms. The van der Waals surface area contributed by atoms with E-state index in [2.05, 4.69) is 29.5 Å². The maximum absolute atomic E-state index is 4.13. The third kappa shape index (κ3) is 1.09. The van der Waals surface area contributed by atoms with E-state index < -0.39 is 0 Å². The zero-order valence-corrected chi connectivity index (χ0v) is 7.17. The van der Waals surface area contributed by atoms with Gasteiger partial charge in [-0.2, -0.15) is 0 Å². The summed E-state index contributed by atoms with van der Waals surface area (Å²) in [4.78, 5) is 4.13. The molecule has 0 unspecified atom stereocenters. The van der Waals surface area contributed by atoms with Crippen LogP contribution in [0.4, 0.5) is 0 Å². The first-order chi connectivity index (χ1) is 5.92. The number of aromatic nitrogens is 1. The Morgan fingerprint density at radius 2 is 2.50 bits per heavy atom. The van der Waals surface area contributed by atoms with Crippen molar-refractivity contribution in [3.63, 3.8) is 0 Å². The standard InChI is InChI=1S/C10H12N2/c1-2-8-5-12-6-9-3-4-11-7-10(8)9/h3-5,7,12H,2,6H2,1H3. The van der Waals surface area contributed by atoms with Gasteiger partial charge in [0.05, 0.1) is 0 Å². The molecule has 1 aromatic heterocycles. The Morgan fingerprint density at radius 3 is 3.33 bits per heavy atom.